The molecule has 0 aliphatic carbocycles. The van der Waals surface area contributed by atoms with Gasteiger partial charge in [-0.05, 0) is 61.2 Å². The van der Waals surface area contributed by atoms with Gasteiger partial charge in [-0.3, -0.25) is 9.59 Å². The van der Waals surface area contributed by atoms with Crippen LogP contribution in [-0.4, -0.2) is 24.1 Å². The normalized spacial score (nSPS) is 10.7. The highest BCUT2D eigenvalue weighted by Gasteiger charge is 2.16. The summed E-state index contributed by atoms with van der Waals surface area (Å²) in [7, 11) is 1.59. The first-order valence-electron chi connectivity index (χ1n) is 8.57. The van der Waals surface area contributed by atoms with E-state index < -0.39 is 0 Å². The number of likely N-dealkylation sites (N-methyl/N-ethyl adjacent to an activating group) is 1. The lowest BCUT2D eigenvalue weighted by Crippen LogP contribution is -2.36. The third-order valence-corrected chi connectivity index (χ3v) is 4.42. The summed E-state index contributed by atoms with van der Waals surface area (Å²) >= 11 is 0. The van der Waals surface area contributed by atoms with Crippen LogP contribution < -0.4 is 15.2 Å². The Balaban J connectivity index is 1.91. The molecule has 1 aromatic heterocycles. The van der Waals surface area contributed by atoms with Crippen molar-refractivity contribution in [3.05, 3.63) is 70.6 Å². The molecule has 2 aromatic carbocycles. The summed E-state index contributed by atoms with van der Waals surface area (Å²) in [5.41, 5.74) is 1.75. The molecular formula is C21H22N2O3. The summed E-state index contributed by atoms with van der Waals surface area (Å²) in [6.45, 7) is 4.46. The van der Waals surface area contributed by atoms with E-state index in [9.17, 15) is 9.59 Å². The molecule has 0 saturated heterocycles. The van der Waals surface area contributed by atoms with Gasteiger partial charge < -0.3 is 14.2 Å². The van der Waals surface area contributed by atoms with Crippen molar-refractivity contribution in [1.82, 2.24) is 4.57 Å². The lowest BCUT2D eigenvalue weighted by Gasteiger charge is -2.22. The number of hydrogen-bond donors (Lipinski definition) is 0. The zero-order chi connectivity index (χ0) is 18.7. The molecular weight excluding hydrogens is 328 g/mol. The van der Waals surface area contributed by atoms with Crippen LogP contribution in [0, 0.1) is 6.92 Å². The minimum Gasteiger partial charge on any atom is -0.497 e. The third kappa shape index (κ3) is 3.47. The largest absolute Gasteiger partial charge is 0.497 e. The van der Waals surface area contributed by atoms with Gasteiger partial charge in [-0.15, -0.1) is 0 Å². The SMILES string of the molecule is CCN(C(=O)Cn1ccc2cc(OC)ccc2c1=O)c1cccc(C)c1. The predicted octanol–water partition coefficient (Wildman–Crippen LogP) is 3.37. The highest BCUT2D eigenvalue weighted by molar-refractivity contribution is 5.93. The van der Waals surface area contributed by atoms with Gasteiger partial charge in [0.25, 0.3) is 5.56 Å². The number of rotatable bonds is 5. The molecule has 26 heavy (non-hydrogen) atoms. The number of nitrogens with zero attached hydrogens (tertiary/aromatic N) is 2. The van der Waals surface area contributed by atoms with Crippen molar-refractivity contribution in [2.75, 3.05) is 18.6 Å². The molecule has 0 aliphatic heterocycles. The van der Waals surface area contributed by atoms with Crippen molar-refractivity contribution in [1.29, 1.82) is 0 Å². The van der Waals surface area contributed by atoms with Crippen LogP contribution >= 0.6 is 0 Å². The maximum absolute atomic E-state index is 12.8. The maximum atomic E-state index is 12.8. The van der Waals surface area contributed by atoms with E-state index in [0.29, 0.717) is 17.7 Å². The van der Waals surface area contributed by atoms with Crippen LogP contribution in [0.15, 0.2) is 59.5 Å². The first-order chi connectivity index (χ1) is 12.5. The molecule has 1 amide bonds. The molecule has 0 N–H and O–H groups in total. The molecule has 5 heteroatoms. The first-order valence-corrected chi connectivity index (χ1v) is 8.57. The number of hydrogen-bond acceptors (Lipinski definition) is 3. The van der Waals surface area contributed by atoms with Gasteiger partial charge in [0, 0.05) is 23.8 Å². The first kappa shape index (κ1) is 17.7. The van der Waals surface area contributed by atoms with E-state index in [1.807, 2.05) is 50.2 Å². The van der Waals surface area contributed by atoms with Crippen LogP contribution in [-0.2, 0) is 11.3 Å². The zero-order valence-corrected chi connectivity index (χ0v) is 15.2. The van der Waals surface area contributed by atoms with Gasteiger partial charge in [-0.25, -0.2) is 0 Å². The van der Waals surface area contributed by atoms with E-state index in [1.54, 1.807) is 30.3 Å². The number of aryl methyl sites for hydroxylation is 1. The highest BCUT2D eigenvalue weighted by Crippen LogP contribution is 2.19. The number of fused-ring (bicyclic) bond motifs is 1. The van der Waals surface area contributed by atoms with Crippen LogP contribution in [0.25, 0.3) is 10.8 Å². The van der Waals surface area contributed by atoms with Crippen LogP contribution in [0.4, 0.5) is 5.69 Å². The fourth-order valence-corrected chi connectivity index (χ4v) is 3.05. The minimum absolute atomic E-state index is 0.00256. The third-order valence-electron chi connectivity index (χ3n) is 4.42. The van der Waals surface area contributed by atoms with Gasteiger partial charge >= 0.3 is 0 Å². The van der Waals surface area contributed by atoms with E-state index >= 15 is 0 Å². The quantitative estimate of drug-likeness (QED) is 0.709. The predicted molar refractivity (Wildman–Crippen MR) is 104 cm³/mol. The lowest BCUT2D eigenvalue weighted by atomic mass is 10.1. The van der Waals surface area contributed by atoms with Gasteiger partial charge in [-0.1, -0.05) is 12.1 Å². The minimum atomic E-state index is -0.182. The average molecular weight is 350 g/mol. The fourth-order valence-electron chi connectivity index (χ4n) is 3.05. The Labute approximate surface area is 152 Å². The van der Waals surface area contributed by atoms with E-state index in [2.05, 4.69) is 0 Å². The maximum Gasteiger partial charge on any atom is 0.258 e. The Morgan fingerprint density at radius 2 is 1.96 bits per heavy atom. The second-order valence-corrected chi connectivity index (χ2v) is 6.18. The Hall–Kier alpha value is -3.08. The van der Waals surface area contributed by atoms with E-state index in [4.69, 9.17) is 4.74 Å². The number of carbonyl (C=O) groups excluding carboxylic acids is 1. The Bertz CT molecular complexity index is 1010. The summed E-state index contributed by atoms with van der Waals surface area (Å²) in [5.74, 6) is 0.579. The number of pyridine rings is 1. The van der Waals surface area contributed by atoms with Crippen molar-refractivity contribution >= 4 is 22.4 Å². The summed E-state index contributed by atoms with van der Waals surface area (Å²) in [6, 6.07) is 14.9. The standard InChI is InChI=1S/C21H22N2O3/c1-4-23(17-7-5-6-15(2)12-17)20(24)14-22-11-10-16-13-18(26-3)8-9-19(16)21(22)25/h5-13H,4,14H2,1-3H3. The van der Waals surface area contributed by atoms with Crippen LogP contribution in [0.1, 0.15) is 12.5 Å². The Kier molecular flexibility index (Phi) is 5.07. The summed E-state index contributed by atoms with van der Waals surface area (Å²) in [4.78, 5) is 27.2. The number of aromatic nitrogens is 1. The van der Waals surface area contributed by atoms with E-state index in [0.717, 1.165) is 16.6 Å². The lowest BCUT2D eigenvalue weighted by molar-refractivity contribution is -0.119. The molecule has 0 radical (unpaired) electrons. The summed E-state index contributed by atoms with van der Waals surface area (Å²) in [6.07, 6.45) is 1.66. The van der Waals surface area contributed by atoms with Gasteiger partial charge in [0.1, 0.15) is 12.3 Å². The summed E-state index contributed by atoms with van der Waals surface area (Å²) in [5, 5.41) is 1.36. The van der Waals surface area contributed by atoms with E-state index in [1.165, 1.54) is 4.57 Å². The average Bonchev–Trinajstić information content (AvgIpc) is 2.64. The van der Waals surface area contributed by atoms with Crippen molar-refractivity contribution < 1.29 is 9.53 Å². The van der Waals surface area contributed by atoms with Crippen molar-refractivity contribution in [2.45, 2.75) is 20.4 Å². The van der Waals surface area contributed by atoms with Gasteiger partial charge in [0.2, 0.25) is 5.91 Å². The van der Waals surface area contributed by atoms with Crippen molar-refractivity contribution in [2.24, 2.45) is 0 Å². The molecule has 5 nitrogen and oxygen atoms in total. The second-order valence-electron chi connectivity index (χ2n) is 6.18. The number of benzene rings is 2. The van der Waals surface area contributed by atoms with Crippen molar-refractivity contribution in [3.63, 3.8) is 0 Å². The monoisotopic (exact) mass is 350 g/mol. The molecule has 0 aliphatic rings. The number of methoxy groups -OCH3 is 1. The summed E-state index contributed by atoms with van der Waals surface area (Å²) < 4.78 is 6.65. The number of amides is 1. The molecule has 3 rings (SSSR count). The molecule has 134 valence electrons. The van der Waals surface area contributed by atoms with Crippen molar-refractivity contribution in [3.8, 4) is 5.75 Å². The topological polar surface area (TPSA) is 51.5 Å². The molecule has 0 atom stereocenters. The molecule has 0 saturated carbocycles. The van der Waals surface area contributed by atoms with Crippen LogP contribution in [0.2, 0.25) is 0 Å². The van der Waals surface area contributed by atoms with Crippen LogP contribution in [0.3, 0.4) is 0 Å². The molecule has 0 spiro atoms. The number of ether oxygens (including phenoxy) is 1. The van der Waals surface area contributed by atoms with Gasteiger partial charge in [0.05, 0.1) is 7.11 Å². The highest BCUT2D eigenvalue weighted by atomic mass is 16.5. The molecule has 1 heterocycles. The molecule has 0 bridgehead atoms. The fraction of sp³-hybridized carbons (Fsp3) is 0.238. The second kappa shape index (κ2) is 7.44. The van der Waals surface area contributed by atoms with Crippen LogP contribution in [0.5, 0.6) is 5.75 Å². The molecule has 3 aromatic rings. The number of carbonyl (C=O) groups is 1. The Morgan fingerprint density at radius 3 is 2.65 bits per heavy atom. The molecule has 0 fully saturated rings. The van der Waals surface area contributed by atoms with E-state index in [-0.39, 0.29) is 18.0 Å². The van der Waals surface area contributed by atoms with Gasteiger partial charge in [-0.2, -0.15) is 0 Å². The molecule has 0 unspecified atom stereocenters. The van der Waals surface area contributed by atoms with Gasteiger partial charge in [0.15, 0.2) is 0 Å². The zero-order valence-electron chi connectivity index (χ0n) is 15.2. The number of anilines is 1. The smallest absolute Gasteiger partial charge is 0.258 e. The Morgan fingerprint density at radius 1 is 1.15 bits per heavy atom.